The summed E-state index contributed by atoms with van der Waals surface area (Å²) < 4.78 is 13.5. The van der Waals surface area contributed by atoms with Crippen molar-refractivity contribution in [2.24, 2.45) is 4.99 Å². The number of carbonyl (C=O) groups is 2. The van der Waals surface area contributed by atoms with Crippen LogP contribution in [0.3, 0.4) is 0 Å². The summed E-state index contributed by atoms with van der Waals surface area (Å²) in [5.74, 6) is -0.221. The lowest BCUT2D eigenvalue weighted by molar-refractivity contribution is -0.143. The maximum Gasteiger partial charge on any atom is 0.254 e. The van der Waals surface area contributed by atoms with Crippen molar-refractivity contribution in [3.05, 3.63) is 35.4 Å². The van der Waals surface area contributed by atoms with Gasteiger partial charge in [-0.15, -0.1) is 0 Å². The topological polar surface area (TPSA) is 73.2 Å². The van der Waals surface area contributed by atoms with Gasteiger partial charge in [0.2, 0.25) is 0 Å². The third-order valence-corrected chi connectivity index (χ3v) is 5.71. The van der Waals surface area contributed by atoms with E-state index in [1.807, 2.05) is 12.1 Å². The number of halogens is 1. The summed E-state index contributed by atoms with van der Waals surface area (Å²) >= 11 is 0. The first-order valence-corrected chi connectivity index (χ1v) is 9.51. The number of hydrogen-bond acceptors (Lipinski definition) is 4. The van der Waals surface area contributed by atoms with Crippen molar-refractivity contribution in [1.29, 1.82) is 0 Å². The molecule has 2 heterocycles. The highest BCUT2D eigenvalue weighted by Crippen LogP contribution is 2.37. The van der Waals surface area contributed by atoms with Gasteiger partial charge >= 0.3 is 0 Å². The van der Waals surface area contributed by atoms with Crippen LogP contribution in [0.15, 0.2) is 29.3 Å². The Morgan fingerprint density at radius 1 is 1.07 bits per heavy atom. The molecule has 1 aromatic carbocycles. The maximum absolute atomic E-state index is 13.5. The van der Waals surface area contributed by atoms with Gasteiger partial charge < -0.3 is 14.9 Å². The van der Waals surface area contributed by atoms with Gasteiger partial charge in [-0.05, 0) is 37.0 Å². The molecular weight excluding hydrogens is 349 g/mol. The van der Waals surface area contributed by atoms with Gasteiger partial charge in [0.25, 0.3) is 11.8 Å². The van der Waals surface area contributed by atoms with Crippen molar-refractivity contribution < 1.29 is 19.1 Å². The first-order valence-electron chi connectivity index (χ1n) is 9.51. The molecule has 0 bridgehead atoms. The van der Waals surface area contributed by atoms with E-state index in [4.69, 9.17) is 0 Å². The van der Waals surface area contributed by atoms with Crippen LogP contribution in [0.1, 0.15) is 41.1 Å². The molecule has 0 aromatic heterocycles. The Labute approximate surface area is 157 Å². The number of hydrogen-bond donors (Lipinski definition) is 1. The molecule has 27 heavy (non-hydrogen) atoms. The Morgan fingerprint density at radius 3 is 2.30 bits per heavy atom. The molecule has 2 aliphatic heterocycles. The van der Waals surface area contributed by atoms with Gasteiger partial charge in [-0.3, -0.25) is 14.6 Å². The smallest absolute Gasteiger partial charge is 0.254 e. The number of amides is 2. The van der Waals surface area contributed by atoms with Crippen LogP contribution in [0.4, 0.5) is 4.39 Å². The lowest BCUT2D eigenvalue weighted by Crippen LogP contribution is -2.53. The normalized spacial score (nSPS) is 26.7. The zero-order chi connectivity index (χ0) is 19.0. The number of aliphatic hydroxyl groups is 1. The molecule has 3 aliphatic rings. The highest BCUT2D eigenvalue weighted by molar-refractivity contribution is 5.94. The van der Waals surface area contributed by atoms with E-state index in [1.54, 1.807) is 21.9 Å². The lowest BCUT2D eigenvalue weighted by Gasteiger charge is -2.35. The third kappa shape index (κ3) is 3.74. The minimum Gasteiger partial charge on any atom is -0.380 e. The van der Waals surface area contributed by atoms with Gasteiger partial charge in [-0.1, -0.05) is 12.1 Å². The van der Waals surface area contributed by atoms with Crippen LogP contribution < -0.4 is 0 Å². The SMILES string of the molecule is O=C(c1ccc(C2CN=CC(F)C2)cc1)N1CCN(C(=O)C2(O)CC2)CC1. The quantitative estimate of drug-likeness (QED) is 0.870. The summed E-state index contributed by atoms with van der Waals surface area (Å²) in [5.41, 5.74) is 0.443. The highest BCUT2D eigenvalue weighted by atomic mass is 19.1. The number of alkyl halides is 1. The molecule has 1 saturated heterocycles. The lowest BCUT2D eigenvalue weighted by atomic mass is 9.91. The number of benzene rings is 1. The van der Waals surface area contributed by atoms with Gasteiger partial charge in [-0.25, -0.2) is 4.39 Å². The number of nitrogens with zero attached hydrogens (tertiary/aromatic N) is 3. The minimum absolute atomic E-state index is 0.0527. The van der Waals surface area contributed by atoms with E-state index < -0.39 is 11.8 Å². The molecule has 2 fully saturated rings. The van der Waals surface area contributed by atoms with Crippen molar-refractivity contribution in [2.75, 3.05) is 32.7 Å². The van der Waals surface area contributed by atoms with E-state index in [2.05, 4.69) is 4.99 Å². The van der Waals surface area contributed by atoms with Gasteiger partial charge in [0.15, 0.2) is 0 Å². The van der Waals surface area contributed by atoms with E-state index in [0.29, 0.717) is 57.5 Å². The van der Waals surface area contributed by atoms with Gasteiger partial charge in [0.05, 0.1) is 0 Å². The van der Waals surface area contributed by atoms with E-state index in [0.717, 1.165) is 5.56 Å². The summed E-state index contributed by atoms with van der Waals surface area (Å²) in [6.45, 7) is 2.40. The fourth-order valence-corrected chi connectivity index (χ4v) is 3.77. The summed E-state index contributed by atoms with van der Waals surface area (Å²) in [6.07, 6.45) is 1.86. The zero-order valence-corrected chi connectivity index (χ0v) is 15.2. The summed E-state index contributed by atoms with van der Waals surface area (Å²) in [5, 5.41) is 9.95. The second-order valence-corrected chi connectivity index (χ2v) is 7.70. The predicted molar refractivity (Wildman–Crippen MR) is 98.7 cm³/mol. The number of carbonyl (C=O) groups excluding carboxylic acids is 2. The number of piperazine rings is 1. The molecule has 1 saturated carbocycles. The van der Waals surface area contributed by atoms with Crippen LogP contribution in [0, 0.1) is 0 Å². The van der Waals surface area contributed by atoms with Gasteiger partial charge in [-0.2, -0.15) is 0 Å². The average molecular weight is 373 g/mol. The molecule has 2 atom stereocenters. The minimum atomic E-state index is -1.15. The third-order valence-electron chi connectivity index (χ3n) is 5.71. The van der Waals surface area contributed by atoms with E-state index >= 15 is 0 Å². The Morgan fingerprint density at radius 2 is 1.70 bits per heavy atom. The second-order valence-electron chi connectivity index (χ2n) is 7.70. The molecule has 4 rings (SSSR count). The van der Waals surface area contributed by atoms with Crippen molar-refractivity contribution >= 4 is 18.0 Å². The van der Waals surface area contributed by atoms with Crippen LogP contribution in [0.25, 0.3) is 0 Å². The average Bonchev–Trinajstić information content (AvgIpc) is 3.46. The molecule has 1 N–H and O–H groups in total. The van der Waals surface area contributed by atoms with Crippen molar-refractivity contribution in [1.82, 2.24) is 9.80 Å². The standard InChI is InChI=1S/C20H24FN3O3/c21-17-11-16(12-22-13-17)14-1-3-15(4-2-14)18(25)23-7-9-24(10-8-23)19(26)20(27)5-6-20/h1-4,13,16-17,27H,5-12H2. The van der Waals surface area contributed by atoms with Crippen LogP contribution in [0.2, 0.25) is 0 Å². The first kappa shape index (κ1) is 18.1. The molecule has 144 valence electrons. The maximum atomic E-state index is 13.5. The monoisotopic (exact) mass is 373 g/mol. The van der Waals surface area contributed by atoms with Crippen molar-refractivity contribution in [2.45, 2.75) is 37.0 Å². The summed E-state index contributed by atoms with van der Waals surface area (Å²) in [7, 11) is 0. The Kier molecular flexibility index (Phi) is 4.72. The first-order chi connectivity index (χ1) is 13.0. The highest BCUT2D eigenvalue weighted by Gasteiger charge is 2.50. The van der Waals surface area contributed by atoms with Crippen LogP contribution in [-0.2, 0) is 4.79 Å². The molecule has 2 amide bonds. The van der Waals surface area contributed by atoms with Gasteiger partial charge in [0, 0.05) is 50.4 Å². The largest absolute Gasteiger partial charge is 0.380 e. The Hall–Kier alpha value is -2.28. The Balaban J connectivity index is 1.35. The van der Waals surface area contributed by atoms with Crippen molar-refractivity contribution in [3.63, 3.8) is 0 Å². The van der Waals surface area contributed by atoms with Crippen LogP contribution >= 0.6 is 0 Å². The van der Waals surface area contributed by atoms with E-state index in [9.17, 15) is 19.1 Å². The van der Waals surface area contributed by atoms with Crippen LogP contribution in [-0.4, -0.2) is 77.4 Å². The fraction of sp³-hybridized carbons (Fsp3) is 0.550. The summed E-state index contributed by atoms with van der Waals surface area (Å²) in [4.78, 5) is 32.3. The Bertz CT molecular complexity index is 752. The van der Waals surface area contributed by atoms with E-state index in [1.165, 1.54) is 6.21 Å². The molecular formula is C20H24FN3O3. The summed E-state index contributed by atoms with van der Waals surface area (Å²) in [6, 6.07) is 7.34. The van der Waals surface area contributed by atoms with Gasteiger partial charge in [0.1, 0.15) is 11.8 Å². The number of rotatable bonds is 3. The van der Waals surface area contributed by atoms with Crippen LogP contribution in [0.5, 0.6) is 0 Å². The molecule has 2 unspecified atom stereocenters. The fourth-order valence-electron chi connectivity index (χ4n) is 3.77. The molecule has 0 spiro atoms. The molecule has 0 radical (unpaired) electrons. The zero-order valence-electron chi connectivity index (χ0n) is 15.2. The molecule has 7 heteroatoms. The molecule has 1 aliphatic carbocycles. The van der Waals surface area contributed by atoms with E-state index in [-0.39, 0.29) is 17.7 Å². The van der Waals surface area contributed by atoms with Crippen molar-refractivity contribution in [3.8, 4) is 0 Å². The molecule has 1 aromatic rings. The number of aliphatic imine (C=N–C) groups is 1. The molecule has 6 nitrogen and oxygen atoms in total. The predicted octanol–water partition coefficient (Wildman–Crippen LogP) is 1.39. The second kappa shape index (κ2) is 7.03.